The summed E-state index contributed by atoms with van der Waals surface area (Å²) in [7, 11) is 0. The highest BCUT2D eigenvalue weighted by molar-refractivity contribution is 5.92. The lowest BCUT2D eigenvalue weighted by atomic mass is 10.1. The van der Waals surface area contributed by atoms with Crippen molar-refractivity contribution in [1.82, 2.24) is 20.1 Å². The van der Waals surface area contributed by atoms with Gasteiger partial charge in [0.25, 0.3) is 0 Å². The Hall–Kier alpha value is -2.97. The second kappa shape index (κ2) is 7.95. The quantitative estimate of drug-likeness (QED) is 0.633. The number of aromatic nitrogens is 3. The van der Waals surface area contributed by atoms with Gasteiger partial charge in [-0.2, -0.15) is 5.10 Å². The number of nitrogens with one attached hydrogen (secondary N) is 2. The summed E-state index contributed by atoms with van der Waals surface area (Å²) in [4.78, 5) is 17.2. The monoisotopic (exact) mass is 381 g/mol. The Morgan fingerprint density at radius 2 is 2.14 bits per heavy atom. The van der Waals surface area contributed by atoms with Crippen LogP contribution in [0.5, 0.6) is 0 Å². The number of hydrogen-bond donors (Lipinski definition) is 3. The van der Waals surface area contributed by atoms with Gasteiger partial charge in [-0.3, -0.25) is 10.00 Å². The number of carbonyl (C=O) groups excluding carboxylic acids is 1. The minimum absolute atomic E-state index is 0.349. The van der Waals surface area contributed by atoms with Gasteiger partial charge in [-0.15, -0.1) is 0 Å². The van der Waals surface area contributed by atoms with Crippen LogP contribution in [-0.4, -0.2) is 38.8 Å². The molecule has 8 heteroatoms. The smallest absolute Gasteiger partial charge is 0.321 e. The molecule has 0 fully saturated rings. The van der Waals surface area contributed by atoms with E-state index in [0.717, 1.165) is 28.7 Å². The number of aryl methyl sites for hydroxylation is 2. The average Bonchev–Trinajstić information content (AvgIpc) is 3.12. The number of hydrogen-bond acceptors (Lipinski definition) is 5. The fraction of sp³-hybridized carbons (Fsp3) is 0.350. The summed E-state index contributed by atoms with van der Waals surface area (Å²) < 4.78 is 7.51. The van der Waals surface area contributed by atoms with E-state index in [-0.39, 0.29) is 0 Å². The van der Waals surface area contributed by atoms with Crippen molar-refractivity contribution >= 4 is 22.8 Å². The van der Waals surface area contributed by atoms with Gasteiger partial charge in [0.15, 0.2) is 6.29 Å². The van der Waals surface area contributed by atoms with Gasteiger partial charge in [0.1, 0.15) is 11.9 Å². The molecule has 2 aromatic heterocycles. The number of amides is 2. The Bertz CT molecular complexity index is 973. The molecule has 2 amide bonds. The number of benzene rings is 1. The van der Waals surface area contributed by atoms with Crippen molar-refractivity contribution in [2.45, 2.75) is 38.6 Å². The first-order chi connectivity index (χ1) is 13.7. The van der Waals surface area contributed by atoms with Crippen LogP contribution < -0.4 is 10.6 Å². The highest BCUT2D eigenvalue weighted by Gasteiger charge is 2.25. The summed E-state index contributed by atoms with van der Waals surface area (Å²) in [5.41, 5.74) is 2.58. The van der Waals surface area contributed by atoms with E-state index in [2.05, 4.69) is 20.7 Å². The van der Waals surface area contributed by atoms with E-state index in [1.807, 2.05) is 48.0 Å². The van der Waals surface area contributed by atoms with Crippen LogP contribution in [0.25, 0.3) is 10.9 Å². The largest absolute Gasteiger partial charge is 0.366 e. The van der Waals surface area contributed by atoms with Gasteiger partial charge in [-0.25, -0.2) is 9.78 Å². The van der Waals surface area contributed by atoms with Crippen molar-refractivity contribution in [3.63, 3.8) is 0 Å². The minimum Gasteiger partial charge on any atom is -0.366 e. The Morgan fingerprint density at radius 3 is 2.93 bits per heavy atom. The van der Waals surface area contributed by atoms with Crippen LogP contribution in [0.1, 0.15) is 30.6 Å². The molecule has 1 aliphatic rings. The van der Waals surface area contributed by atoms with E-state index in [4.69, 9.17) is 4.74 Å². The summed E-state index contributed by atoms with van der Waals surface area (Å²) in [6.45, 7) is 3.11. The summed E-state index contributed by atoms with van der Waals surface area (Å²) in [5, 5.41) is 21.4. The molecule has 8 nitrogen and oxygen atoms in total. The van der Waals surface area contributed by atoms with Crippen molar-refractivity contribution in [1.29, 1.82) is 0 Å². The maximum absolute atomic E-state index is 12.6. The van der Waals surface area contributed by atoms with Gasteiger partial charge in [0.2, 0.25) is 0 Å². The van der Waals surface area contributed by atoms with Gasteiger partial charge in [0.05, 0.1) is 24.0 Å². The van der Waals surface area contributed by atoms with E-state index in [0.29, 0.717) is 25.3 Å². The molecule has 0 radical (unpaired) electrons. The van der Waals surface area contributed by atoms with Crippen molar-refractivity contribution in [2.75, 3.05) is 11.9 Å². The van der Waals surface area contributed by atoms with Crippen LogP contribution in [0.3, 0.4) is 0 Å². The minimum atomic E-state index is -1.15. The van der Waals surface area contributed by atoms with Gasteiger partial charge in [-0.1, -0.05) is 30.3 Å². The van der Waals surface area contributed by atoms with Crippen LogP contribution in [0.4, 0.5) is 10.6 Å². The molecule has 0 saturated heterocycles. The molecule has 0 saturated carbocycles. The van der Waals surface area contributed by atoms with Crippen molar-refractivity contribution in [2.24, 2.45) is 0 Å². The third-order valence-corrected chi connectivity index (χ3v) is 4.81. The molecule has 1 aliphatic heterocycles. The summed E-state index contributed by atoms with van der Waals surface area (Å²) in [6.07, 6.45) is 1.97. The predicted molar refractivity (Wildman–Crippen MR) is 105 cm³/mol. The molecule has 2 bridgehead atoms. The molecule has 3 N–H and O–H groups in total. The number of anilines is 1. The van der Waals surface area contributed by atoms with Crippen molar-refractivity contribution in [3.05, 3.63) is 53.9 Å². The third-order valence-electron chi connectivity index (χ3n) is 4.81. The number of urea groups is 1. The Morgan fingerprint density at radius 1 is 1.32 bits per heavy atom. The Balaban J connectivity index is 1.68. The number of pyridine rings is 1. The van der Waals surface area contributed by atoms with Crippen LogP contribution in [0.15, 0.2) is 42.6 Å². The first-order valence-electron chi connectivity index (χ1n) is 9.43. The molecule has 3 heterocycles. The van der Waals surface area contributed by atoms with E-state index in [1.54, 1.807) is 6.20 Å². The molecular weight excluding hydrogens is 358 g/mol. The van der Waals surface area contributed by atoms with E-state index >= 15 is 0 Å². The van der Waals surface area contributed by atoms with Gasteiger partial charge < -0.3 is 15.2 Å². The number of aliphatic hydroxyl groups excluding tert-OH is 1. The van der Waals surface area contributed by atoms with Crippen molar-refractivity contribution in [3.8, 4) is 0 Å². The number of carbonyl (C=O) groups is 1. The maximum atomic E-state index is 12.6. The number of ether oxygens (including phenoxy) is 1. The molecule has 28 heavy (non-hydrogen) atoms. The zero-order valence-corrected chi connectivity index (χ0v) is 15.6. The van der Waals surface area contributed by atoms with E-state index < -0.39 is 18.4 Å². The standard InChI is InChI=1S/C20H23N5O3/c1-2-25-18-14(12-21-25)11-16-22-15(18)9-6-10-28-19(26)17(24-20(27)23-16)13-7-4-3-5-8-13/h3-5,7-8,11-12,17,19,26H,2,6,9-10H2,1H3,(H2,22,23,24,27)/t17-,19-/m0/s1. The third kappa shape index (κ3) is 3.69. The van der Waals surface area contributed by atoms with Crippen molar-refractivity contribution < 1.29 is 14.6 Å². The van der Waals surface area contributed by atoms with Gasteiger partial charge in [0, 0.05) is 11.9 Å². The molecular formula is C20H23N5O3. The van der Waals surface area contributed by atoms with E-state index in [1.165, 1.54) is 0 Å². The van der Waals surface area contributed by atoms with Gasteiger partial charge in [-0.05, 0) is 31.4 Å². The molecule has 1 aromatic carbocycles. The highest BCUT2D eigenvalue weighted by atomic mass is 16.6. The van der Waals surface area contributed by atoms with Crippen LogP contribution in [0, 0.1) is 0 Å². The lowest BCUT2D eigenvalue weighted by molar-refractivity contribution is -0.119. The molecule has 0 spiro atoms. The highest BCUT2D eigenvalue weighted by Crippen LogP contribution is 2.24. The number of nitrogens with zero attached hydrogens (tertiary/aromatic N) is 3. The lowest BCUT2D eigenvalue weighted by Gasteiger charge is -2.25. The van der Waals surface area contributed by atoms with Gasteiger partial charge >= 0.3 is 6.03 Å². The van der Waals surface area contributed by atoms with Crippen LogP contribution >= 0.6 is 0 Å². The first-order valence-corrected chi connectivity index (χ1v) is 9.43. The number of fused-ring (bicyclic) bond motifs is 4. The Kier molecular flexibility index (Phi) is 5.23. The normalized spacial score (nSPS) is 20.7. The molecule has 0 unspecified atom stereocenters. The number of rotatable bonds is 2. The molecule has 2 atom stereocenters. The summed E-state index contributed by atoms with van der Waals surface area (Å²) in [6, 6.07) is 9.92. The zero-order chi connectivity index (χ0) is 19.5. The summed E-state index contributed by atoms with van der Waals surface area (Å²) >= 11 is 0. The second-order valence-electron chi connectivity index (χ2n) is 6.70. The van der Waals surface area contributed by atoms with Crippen LogP contribution in [0.2, 0.25) is 0 Å². The fourth-order valence-electron chi connectivity index (χ4n) is 3.49. The zero-order valence-electron chi connectivity index (χ0n) is 15.6. The van der Waals surface area contributed by atoms with E-state index in [9.17, 15) is 9.90 Å². The molecule has 0 aliphatic carbocycles. The number of aliphatic hydroxyl groups is 1. The molecule has 4 rings (SSSR count). The SMILES string of the molecule is CCn1ncc2cc3nc(c21)CCCO[C@H](O)[C@H](c1ccccc1)NC(=O)N3. The fourth-order valence-corrected chi connectivity index (χ4v) is 3.49. The molecule has 3 aromatic rings. The summed E-state index contributed by atoms with van der Waals surface area (Å²) in [5.74, 6) is 0.457. The maximum Gasteiger partial charge on any atom is 0.321 e. The lowest BCUT2D eigenvalue weighted by Crippen LogP contribution is -2.40. The topological polar surface area (TPSA) is 101 Å². The second-order valence-corrected chi connectivity index (χ2v) is 6.70. The average molecular weight is 381 g/mol. The predicted octanol–water partition coefficient (Wildman–Crippen LogP) is 2.60. The first kappa shape index (κ1) is 18.4. The van der Waals surface area contributed by atoms with Crippen LogP contribution in [-0.2, 0) is 17.7 Å². The molecule has 146 valence electrons. The Labute approximate surface area is 162 Å².